The number of rotatable bonds is 4. The van der Waals surface area contributed by atoms with E-state index in [-0.39, 0.29) is 16.9 Å². The van der Waals surface area contributed by atoms with Crippen LogP contribution in [0.3, 0.4) is 0 Å². The van der Waals surface area contributed by atoms with Crippen LogP contribution in [0.4, 0.5) is 10.1 Å². The normalized spacial score (nSPS) is 10.4. The number of carbonyl (C=O) groups excluding carboxylic acids is 1. The van der Waals surface area contributed by atoms with Crippen LogP contribution in [-0.4, -0.2) is 21.6 Å². The Balaban J connectivity index is 2.31. The van der Waals surface area contributed by atoms with Crippen LogP contribution in [0.25, 0.3) is 0 Å². The second kappa shape index (κ2) is 5.97. The van der Waals surface area contributed by atoms with Crippen molar-refractivity contribution in [3.63, 3.8) is 0 Å². The number of carbonyl (C=O) groups is 2. The number of amides is 1. The number of aromatic carboxylic acids is 1. The summed E-state index contributed by atoms with van der Waals surface area (Å²) in [7, 11) is 0. The van der Waals surface area contributed by atoms with Gasteiger partial charge in [0.15, 0.2) is 0 Å². The molecule has 1 aromatic carbocycles. The standard InChI is InChI=1S/C14H12ClFN2O3/c1-2-18-7-9(15)6-12(18)13(19)17-11-5-8(14(20)21)3-4-10(11)16/h3-7H,2H2,1H3,(H,17,19)(H,20,21). The van der Waals surface area contributed by atoms with Crippen LogP contribution in [-0.2, 0) is 6.54 Å². The van der Waals surface area contributed by atoms with Crippen molar-refractivity contribution in [3.05, 3.63) is 52.6 Å². The highest BCUT2D eigenvalue weighted by atomic mass is 35.5. The molecule has 2 N–H and O–H groups in total. The van der Waals surface area contributed by atoms with Crippen LogP contribution in [0.1, 0.15) is 27.8 Å². The summed E-state index contributed by atoms with van der Waals surface area (Å²) in [5.74, 6) is -2.48. The zero-order chi connectivity index (χ0) is 15.6. The van der Waals surface area contributed by atoms with Crippen LogP contribution in [0.5, 0.6) is 0 Å². The minimum absolute atomic E-state index is 0.115. The van der Waals surface area contributed by atoms with Crippen molar-refractivity contribution in [3.8, 4) is 0 Å². The molecule has 0 aliphatic rings. The number of nitrogens with one attached hydrogen (secondary N) is 1. The first kappa shape index (κ1) is 15.1. The van der Waals surface area contributed by atoms with E-state index in [2.05, 4.69) is 5.32 Å². The topological polar surface area (TPSA) is 71.3 Å². The Bertz CT molecular complexity index is 712. The lowest BCUT2D eigenvalue weighted by molar-refractivity contribution is 0.0696. The number of aryl methyl sites for hydroxylation is 1. The van der Waals surface area contributed by atoms with Gasteiger partial charge in [-0.2, -0.15) is 0 Å². The first-order chi connectivity index (χ1) is 9.92. The lowest BCUT2D eigenvalue weighted by Crippen LogP contribution is -2.17. The fourth-order valence-electron chi connectivity index (χ4n) is 1.87. The summed E-state index contributed by atoms with van der Waals surface area (Å²) >= 11 is 5.84. The van der Waals surface area contributed by atoms with Crippen molar-refractivity contribution in [1.29, 1.82) is 0 Å². The van der Waals surface area contributed by atoms with E-state index in [1.54, 1.807) is 10.8 Å². The van der Waals surface area contributed by atoms with Gasteiger partial charge in [0.1, 0.15) is 11.5 Å². The molecule has 0 saturated carbocycles. The van der Waals surface area contributed by atoms with Crippen molar-refractivity contribution in [2.45, 2.75) is 13.5 Å². The molecule has 0 atom stereocenters. The van der Waals surface area contributed by atoms with Gasteiger partial charge in [-0.1, -0.05) is 11.6 Å². The monoisotopic (exact) mass is 310 g/mol. The van der Waals surface area contributed by atoms with E-state index in [1.807, 2.05) is 6.92 Å². The molecule has 0 spiro atoms. The number of anilines is 1. The van der Waals surface area contributed by atoms with Gasteiger partial charge in [0.25, 0.3) is 5.91 Å². The van der Waals surface area contributed by atoms with Crippen LogP contribution in [0, 0.1) is 5.82 Å². The molecule has 0 fully saturated rings. The third kappa shape index (κ3) is 3.22. The lowest BCUT2D eigenvalue weighted by Gasteiger charge is -2.09. The van der Waals surface area contributed by atoms with Crippen molar-refractivity contribution in [2.75, 3.05) is 5.32 Å². The van der Waals surface area contributed by atoms with Gasteiger partial charge in [-0.05, 0) is 31.2 Å². The van der Waals surface area contributed by atoms with Gasteiger partial charge in [0.05, 0.1) is 16.3 Å². The van der Waals surface area contributed by atoms with Gasteiger partial charge < -0.3 is 15.0 Å². The van der Waals surface area contributed by atoms with E-state index in [4.69, 9.17) is 16.7 Å². The summed E-state index contributed by atoms with van der Waals surface area (Å²) in [5, 5.41) is 11.6. The molecule has 1 amide bonds. The molecule has 1 aromatic heterocycles. The zero-order valence-corrected chi connectivity index (χ0v) is 11.8. The quantitative estimate of drug-likeness (QED) is 0.910. The Morgan fingerprint density at radius 1 is 1.38 bits per heavy atom. The van der Waals surface area contributed by atoms with Crippen LogP contribution < -0.4 is 5.32 Å². The fourth-order valence-corrected chi connectivity index (χ4v) is 2.09. The zero-order valence-electron chi connectivity index (χ0n) is 11.1. The number of aromatic nitrogens is 1. The molecule has 2 aromatic rings. The van der Waals surface area contributed by atoms with Gasteiger partial charge in [-0.25, -0.2) is 9.18 Å². The van der Waals surface area contributed by atoms with E-state index in [0.29, 0.717) is 11.6 Å². The molecule has 21 heavy (non-hydrogen) atoms. The minimum Gasteiger partial charge on any atom is -0.478 e. The smallest absolute Gasteiger partial charge is 0.335 e. The number of carboxylic acid groups (broad SMARTS) is 1. The molecule has 5 nitrogen and oxygen atoms in total. The Labute approximate surface area is 125 Å². The average Bonchev–Trinajstić information content (AvgIpc) is 2.82. The van der Waals surface area contributed by atoms with Crippen LogP contribution in [0.15, 0.2) is 30.5 Å². The first-order valence-electron chi connectivity index (χ1n) is 6.12. The average molecular weight is 311 g/mol. The molecule has 0 saturated heterocycles. The highest BCUT2D eigenvalue weighted by molar-refractivity contribution is 6.31. The largest absolute Gasteiger partial charge is 0.478 e. The third-order valence-electron chi connectivity index (χ3n) is 2.90. The highest BCUT2D eigenvalue weighted by Crippen LogP contribution is 2.19. The summed E-state index contributed by atoms with van der Waals surface area (Å²) in [4.78, 5) is 23.0. The molecule has 0 unspecified atom stereocenters. The number of carboxylic acids is 1. The predicted octanol–water partition coefficient (Wildman–Crippen LogP) is 3.25. The van der Waals surface area contributed by atoms with E-state index in [0.717, 1.165) is 18.2 Å². The maximum absolute atomic E-state index is 13.7. The molecule has 0 aliphatic carbocycles. The summed E-state index contributed by atoms with van der Waals surface area (Å²) < 4.78 is 15.3. The Kier molecular flexibility index (Phi) is 4.28. The molecule has 2 rings (SSSR count). The van der Waals surface area contributed by atoms with Crippen LogP contribution in [0.2, 0.25) is 5.02 Å². The summed E-state index contributed by atoms with van der Waals surface area (Å²) in [5.41, 5.74) is -0.0434. The van der Waals surface area contributed by atoms with E-state index >= 15 is 0 Å². The Morgan fingerprint density at radius 3 is 2.71 bits per heavy atom. The summed E-state index contributed by atoms with van der Waals surface area (Å²) in [6, 6.07) is 4.64. The molecular formula is C14H12ClFN2O3. The maximum Gasteiger partial charge on any atom is 0.335 e. The van der Waals surface area contributed by atoms with E-state index < -0.39 is 17.7 Å². The number of halogens is 2. The lowest BCUT2D eigenvalue weighted by atomic mass is 10.2. The van der Waals surface area contributed by atoms with Gasteiger partial charge in [-0.3, -0.25) is 4.79 Å². The number of nitrogens with zero attached hydrogens (tertiary/aromatic N) is 1. The van der Waals surface area contributed by atoms with Crippen LogP contribution >= 0.6 is 11.6 Å². The molecular weight excluding hydrogens is 299 g/mol. The highest BCUT2D eigenvalue weighted by Gasteiger charge is 2.16. The fraction of sp³-hybridized carbons (Fsp3) is 0.143. The molecule has 110 valence electrons. The predicted molar refractivity (Wildman–Crippen MR) is 76.4 cm³/mol. The van der Waals surface area contributed by atoms with Gasteiger partial charge in [0, 0.05) is 12.7 Å². The third-order valence-corrected chi connectivity index (χ3v) is 3.10. The minimum atomic E-state index is -1.20. The molecule has 0 aliphatic heterocycles. The molecule has 1 heterocycles. The molecule has 0 radical (unpaired) electrons. The van der Waals surface area contributed by atoms with Crippen molar-refractivity contribution in [2.24, 2.45) is 0 Å². The van der Waals surface area contributed by atoms with E-state index in [9.17, 15) is 14.0 Å². The molecule has 7 heteroatoms. The van der Waals surface area contributed by atoms with Gasteiger partial charge in [0.2, 0.25) is 0 Å². The first-order valence-corrected chi connectivity index (χ1v) is 6.50. The number of hydrogen-bond acceptors (Lipinski definition) is 2. The van der Waals surface area contributed by atoms with Gasteiger partial charge >= 0.3 is 5.97 Å². The van der Waals surface area contributed by atoms with Crippen molar-refractivity contribution >= 4 is 29.2 Å². The second-order valence-corrected chi connectivity index (χ2v) is 4.72. The summed E-state index contributed by atoms with van der Waals surface area (Å²) in [6.45, 7) is 2.35. The summed E-state index contributed by atoms with van der Waals surface area (Å²) in [6.07, 6.45) is 1.58. The Morgan fingerprint density at radius 2 is 2.10 bits per heavy atom. The second-order valence-electron chi connectivity index (χ2n) is 4.28. The SMILES string of the molecule is CCn1cc(Cl)cc1C(=O)Nc1cc(C(=O)O)ccc1F. The number of benzene rings is 1. The van der Waals surface area contributed by atoms with Gasteiger partial charge in [-0.15, -0.1) is 0 Å². The van der Waals surface area contributed by atoms with Crippen molar-refractivity contribution in [1.82, 2.24) is 4.57 Å². The Hall–Kier alpha value is -2.34. The van der Waals surface area contributed by atoms with E-state index in [1.165, 1.54) is 6.07 Å². The number of hydrogen-bond donors (Lipinski definition) is 2. The van der Waals surface area contributed by atoms with Crippen molar-refractivity contribution < 1.29 is 19.1 Å². The molecule has 0 bridgehead atoms. The maximum atomic E-state index is 13.7.